The molecular weight excluding hydrogens is 250 g/mol. The van der Waals surface area contributed by atoms with E-state index in [-0.39, 0.29) is 0 Å². The van der Waals surface area contributed by atoms with Crippen molar-refractivity contribution in [2.24, 2.45) is 5.92 Å². The average molecular weight is 272 g/mol. The van der Waals surface area contributed by atoms with E-state index in [9.17, 15) is 0 Å². The number of ether oxygens (including phenoxy) is 1. The highest BCUT2D eigenvalue weighted by atomic mass is 35.5. The number of alkyl halides is 1. The molecule has 0 atom stereocenters. The second kappa shape index (κ2) is 6.53. The molecule has 0 spiro atoms. The van der Waals surface area contributed by atoms with Gasteiger partial charge in [-0.25, -0.2) is 0 Å². The van der Waals surface area contributed by atoms with Gasteiger partial charge in [0, 0.05) is 19.6 Å². The molecule has 0 aromatic carbocycles. The van der Waals surface area contributed by atoms with Crippen LogP contribution < -0.4 is 0 Å². The number of hydrogen-bond donors (Lipinski definition) is 0. The van der Waals surface area contributed by atoms with E-state index < -0.39 is 0 Å². The summed E-state index contributed by atoms with van der Waals surface area (Å²) >= 11 is 5.89. The molecule has 1 aliphatic carbocycles. The highest BCUT2D eigenvalue weighted by molar-refractivity contribution is 6.16. The van der Waals surface area contributed by atoms with Crippen molar-refractivity contribution in [3.63, 3.8) is 0 Å². The highest BCUT2D eigenvalue weighted by Crippen LogP contribution is 2.32. The molecule has 1 aromatic heterocycles. The Bertz CT molecular complexity index is 374. The summed E-state index contributed by atoms with van der Waals surface area (Å²) in [6.45, 7) is 6.00. The smallest absolute Gasteiger partial charge is 0.147 e. The van der Waals surface area contributed by atoms with E-state index in [1.54, 1.807) is 0 Å². The van der Waals surface area contributed by atoms with Gasteiger partial charge in [-0.1, -0.05) is 6.92 Å². The van der Waals surface area contributed by atoms with E-state index in [2.05, 4.69) is 28.6 Å². The summed E-state index contributed by atoms with van der Waals surface area (Å²) in [6, 6.07) is 0. The van der Waals surface area contributed by atoms with Crippen molar-refractivity contribution in [3.8, 4) is 0 Å². The van der Waals surface area contributed by atoms with Gasteiger partial charge in [-0.3, -0.25) is 0 Å². The third-order valence-electron chi connectivity index (χ3n) is 3.54. The van der Waals surface area contributed by atoms with Crippen molar-refractivity contribution < 1.29 is 4.74 Å². The summed E-state index contributed by atoms with van der Waals surface area (Å²) in [4.78, 5) is 0. The predicted molar refractivity (Wildman–Crippen MR) is 71.7 cm³/mol. The lowest BCUT2D eigenvalue weighted by molar-refractivity contribution is -0.0247. The maximum atomic E-state index is 5.89. The Labute approximate surface area is 114 Å². The number of rotatable bonds is 7. The molecule has 1 heterocycles. The van der Waals surface area contributed by atoms with Crippen molar-refractivity contribution in [1.29, 1.82) is 0 Å². The van der Waals surface area contributed by atoms with Gasteiger partial charge < -0.3 is 9.30 Å². The lowest BCUT2D eigenvalue weighted by Gasteiger charge is -2.34. The minimum Gasteiger partial charge on any atom is -0.378 e. The van der Waals surface area contributed by atoms with E-state index in [0.29, 0.717) is 17.9 Å². The molecule has 18 heavy (non-hydrogen) atoms. The molecule has 1 fully saturated rings. The molecule has 4 nitrogen and oxygen atoms in total. The minimum absolute atomic E-state index is 0.444. The van der Waals surface area contributed by atoms with Crippen molar-refractivity contribution in [2.75, 3.05) is 6.61 Å². The largest absolute Gasteiger partial charge is 0.378 e. The number of nitrogens with zero attached hydrogens (tertiary/aromatic N) is 3. The van der Waals surface area contributed by atoms with Crippen molar-refractivity contribution in [3.05, 3.63) is 11.6 Å². The molecule has 1 aromatic rings. The third-order valence-corrected chi connectivity index (χ3v) is 3.78. The van der Waals surface area contributed by atoms with Crippen molar-refractivity contribution in [2.45, 2.75) is 58.1 Å². The summed E-state index contributed by atoms with van der Waals surface area (Å²) in [6.07, 6.45) is 4.87. The molecule has 1 aliphatic rings. The van der Waals surface area contributed by atoms with Gasteiger partial charge in [0.1, 0.15) is 11.6 Å². The van der Waals surface area contributed by atoms with Crippen LogP contribution in [0.1, 0.15) is 44.8 Å². The second-order valence-corrected chi connectivity index (χ2v) is 5.20. The molecule has 0 bridgehead atoms. The van der Waals surface area contributed by atoms with Crippen LogP contribution in [0.25, 0.3) is 0 Å². The molecule has 0 radical (unpaired) electrons. The van der Waals surface area contributed by atoms with Gasteiger partial charge in [0.15, 0.2) is 0 Å². The fourth-order valence-corrected chi connectivity index (χ4v) is 2.77. The van der Waals surface area contributed by atoms with Gasteiger partial charge in [-0.05, 0) is 32.1 Å². The van der Waals surface area contributed by atoms with Gasteiger partial charge in [-0.2, -0.15) is 0 Å². The zero-order valence-corrected chi connectivity index (χ0v) is 12.0. The molecule has 2 rings (SSSR count). The number of hydrogen-bond acceptors (Lipinski definition) is 3. The summed E-state index contributed by atoms with van der Waals surface area (Å²) in [5.41, 5.74) is 0. The first-order valence-corrected chi connectivity index (χ1v) is 7.40. The average Bonchev–Trinajstić information content (AvgIpc) is 2.70. The first-order chi connectivity index (χ1) is 8.78. The minimum atomic E-state index is 0.444. The van der Waals surface area contributed by atoms with Crippen molar-refractivity contribution >= 4 is 11.6 Å². The van der Waals surface area contributed by atoms with E-state index in [1.807, 2.05) is 0 Å². The van der Waals surface area contributed by atoms with Crippen molar-refractivity contribution in [1.82, 2.24) is 14.8 Å². The second-order valence-electron chi connectivity index (χ2n) is 4.94. The van der Waals surface area contributed by atoms with Gasteiger partial charge >= 0.3 is 0 Å². The SMILES string of the molecule is CCCn1c(CCl)nnc1CC1CC(OCC)C1. The quantitative estimate of drug-likeness (QED) is 0.716. The highest BCUT2D eigenvalue weighted by Gasteiger charge is 2.31. The Morgan fingerprint density at radius 2 is 2.00 bits per heavy atom. The molecule has 5 heteroatoms. The fourth-order valence-electron chi connectivity index (χ4n) is 2.58. The van der Waals surface area contributed by atoms with Crippen LogP contribution in [0.15, 0.2) is 0 Å². The Morgan fingerprint density at radius 3 is 2.61 bits per heavy atom. The summed E-state index contributed by atoms with van der Waals surface area (Å²) in [5.74, 6) is 3.13. The lowest BCUT2D eigenvalue weighted by Crippen LogP contribution is -2.33. The van der Waals surface area contributed by atoms with Gasteiger partial charge in [-0.15, -0.1) is 21.8 Å². The molecule has 0 saturated heterocycles. The Morgan fingerprint density at radius 1 is 1.28 bits per heavy atom. The maximum absolute atomic E-state index is 5.89. The monoisotopic (exact) mass is 271 g/mol. The summed E-state index contributed by atoms with van der Waals surface area (Å²) in [7, 11) is 0. The van der Waals surface area contributed by atoms with Crippen LogP contribution in [0.2, 0.25) is 0 Å². The maximum Gasteiger partial charge on any atom is 0.147 e. The molecule has 102 valence electrons. The number of halogens is 1. The van der Waals surface area contributed by atoms with Crippen LogP contribution in [0, 0.1) is 5.92 Å². The predicted octanol–water partition coefficient (Wildman–Crippen LogP) is 2.78. The molecule has 1 saturated carbocycles. The van der Waals surface area contributed by atoms with Crippen LogP contribution in [0.4, 0.5) is 0 Å². The molecular formula is C13H22ClN3O. The van der Waals surface area contributed by atoms with Crippen LogP contribution in [0.5, 0.6) is 0 Å². The first kappa shape index (κ1) is 13.8. The third kappa shape index (κ3) is 3.04. The lowest BCUT2D eigenvalue weighted by atomic mass is 9.80. The first-order valence-electron chi connectivity index (χ1n) is 6.86. The molecule has 0 N–H and O–H groups in total. The van der Waals surface area contributed by atoms with Crippen LogP contribution in [-0.4, -0.2) is 27.5 Å². The van der Waals surface area contributed by atoms with E-state index >= 15 is 0 Å². The molecule has 0 amide bonds. The zero-order valence-electron chi connectivity index (χ0n) is 11.2. The molecule has 0 unspecified atom stereocenters. The Kier molecular flexibility index (Phi) is 5.01. The van der Waals surface area contributed by atoms with Gasteiger partial charge in [0.05, 0.1) is 12.0 Å². The summed E-state index contributed by atoms with van der Waals surface area (Å²) < 4.78 is 7.77. The number of aromatic nitrogens is 3. The summed E-state index contributed by atoms with van der Waals surface area (Å²) in [5, 5.41) is 8.46. The standard InChI is InChI=1S/C13H22ClN3O/c1-3-5-17-12(15-16-13(17)9-14)8-10-6-11(7-10)18-4-2/h10-11H,3-9H2,1-2H3. The van der Waals surface area contributed by atoms with E-state index in [0.717, 1.165) is 50.5 Å². The van der Waals surface area contributed by atoms with Crippen LogP contribution >= 0.6 is 11.6 Å². The Balaban J connectivity index is 1.91. The van der Waals surface area contributed by atoms with E-state index in [4.69, 9.17) is 16.3 Å². The normalized spacial score (nSPS) is 23.1. The zero-order chi connectivity index (χ0) is 13.0. The van der Waals surface area contributed by atoms with Crippen LogP contribution in [-0.2, 0) is 23.6 Å². The fraction of sp³-hybridized carbons (Fsp3) is 0.846. The topological polar surface area (TPSA) is 39.9 Å². The van der Waals surface area contributed by atoms with Gasteiger partial charge in [0.25, 0.3) is 0 Å². The molecule has 0 aliphatic heterocycles. The Hall–Kier alpha value is -0.610. The van der Waals surface area contributed by atoms with E-state index in [1.165, 1.54) is 0 Å². The van der Waals surface area contributed by atoms with Gasteiger partial charge in [0.2, 0.25) is 0 Å². The van der Waals surface area contributed by atoms with Crippen LogP contribution in [0.3, 0.4) is 0 Å².